The average molecular weight is 445 g/mol. The van der Waals surface area contributed by atoms with Crippen LogP contribution < -0.4 is 15.8 Å². The van der Waals surface area contributed by atoms with Gasteiger partial charge in [-0.05, 0) is 32.5 Å². The predicted molar refractivity (Wildman–Crippen MR) is 107 cm³/mol. The molecule has 1 aromatic rings. The Balaban J connectivity index is 1.89. The lowest BCUT2D eigenvalue weighted by Crippen LogP contribution is -2.57. The maximum atomic E-state index is 13.6. The van der Waals surface area contributed by atoms with Gasteiger partial charge in [0.15, 0.2) is 0 Å². The largest absolute Gasteiger partial charge is 0.480 e. The number of hydrogen-bond acceptors (Lipinski definition) is 9. The first-order valence-electron chi connectivity index (χ1n) is 9.78. The number of anilines is 1. The van der Waals surface area contributed by atoms with Crippen molar-refractivity contribution in [1.82, 2.24) is 9.29 Å². The van der Waals surface area contributed by atoms with E-state index in [1.807, 2.05) is 0 Å². The van der Waals surface area contributed by atoms with Crippen LogP contribution in [0.2, 0.25) is 6.32 Å². The van der Waals surface area contributed by atoms with Crippen LogP contribution in [-0.4, -0.2) is 76.2 Å². The van der Waals surface area contributed by atoms with E-state index in [4.69, 9.17) is 25.9 Å². The highest BCUT2D eigenvalue weighted by Crippen LogP contribution is 2.42. The zero-order valence-corrected chi connectivity index (χ0v) is 17.5. The van der Waals surface area contributed by atoms with Gasteiger partial charge in [-0.1, -0.05) is 6.42 Å². The van der Waals surface area contributed by atoms with Gasteiger partial charge in [0.1, 0.15) is 11.8 Å². The molecule has 0 amide bonds. The number of carboxylic acids is 1. The first kappa shape index (κ1) is 23.0. The Labute approximate surface area is 175 Å². The second-order valence-electron chi connectivity index (χ2n) is 8.27. The van der Waals surface area contributed by atoms with E-state index in [0.717, 1.165) is 8.61 Å². The summed E-state index contributed by atoms with van der Waals surface area (Å²) in [6, 6.07) is -0.814. The third-order valence-electron chi connectivity index (χ3n) is 6.20. The summed E-state index contributed by atoms with van der Waals surface area (Å²) in [6.07, 6.45) is 4.40. The molecule has 168 valence electrons. The van der Waals surface area contributed by atoms with Crippen molar-refractivity contribution >= 4 is 29.3 Å². The van der Waals surface area contributed by atoms with Crippen molar-refractivity contribution in [2.75, 3.05) is 17.4 Å². The number of aliphatic carboxylic acids is 1. The van der Waals surface area contributed by atoms with E-state index in [1.165, 1.54) is 12.5 Å². The van der Waals surface area contributed by atoms with E-state index in [0.29, 0.717) is 12.8 Å². The quantitative estimate of drug-likeness (QED) is 0.266. The van der Waals surface area contributed by atoms with E-state index in [9.17, 15) is 18.3 Å². The topological polar surface area (TPSA) is 196 Å². The van der Waals surface area contributed by atoms with Gasteiger partial charge in [-0.25, -0.2) is 9.29 Å². The van der Waals surface area contributed by atoms with Crippen LogP contribution >= 0.6 is 0 Å². The van der Waals surface area contributed by atoms with Gasteiger partial charge in [-0.3, -0.25) is 4.79 Å². The molecule has 2 fully saturated rings. The number of hydrogen-bond donors (Lipinski definition) is 5. The minimum atomic E-state index is -4.26. The van der Waals surface area contributed by atoms with Crippen molar-refractivity contribution in [2.45, 2.75) is 56.0 Å². The molecule has 7 N–H and O–H groups in total. The second-order valence-corrected chi connectivity index (χ2v) is 10.1. The summed E-state index contributed by atoms with van der Waals surface area (Å²) in [7, 11) is -5.78. The van der Waals surface area contributed by atoms with Crippen LogP contribution in [0.3, 0.4) is 0 Å². The number of carboxylic acid groups (broad SMARTS) is 1. The van der Waals surface area contributed by atoms with Crippen molar-refractivity contribution in [3.63, 3.8) is 0 Å². The number of aromatic nitrogens is 1. The molecule has 0 bridgehead atoms. The van der Waals surface area contributed by atoms with E-state index < -0.39 is 52.9 Å². The molecule has 14 heteroatoms. The molecule has 0 radical (unpaired) electrons. The Kier molecular flexibility index (Phi) is 6.19. The van der Waals surface area contributed by atoms with Gasteiger partial charge in [-0.15, -0.1) is 0 Å². The van der Waals surface area contributed by atoms with Gasteiger partial charge >= 0.3 is 29.3 Å². The van der Waals surface area contributed by atoms with Crippen LogP contribution in [0, 0.1) is 5.92 Å². The van der Waals surface area contributed by atoms with Crippen LogP contribution in [0.1, 0.15) is 32.6 Å². The number of rotatable bonds is 10. The predicted octanol–water partition coefficient (Wildman–Crippen LogP) is -1.43. The molecule has 1 saturated carbocycles. The smallest absolute Gasteiger partial charge is 0.451 e. The fourth-order valence-electron chi connectivity index (χ4n) is 3.92. The maximum absolute atomic E-state index is 13.6. The first-order valence-corrected chi connectivity index (χ1v) is 11.2. The first-order chi connectivity index (χ1) is 13.9. The minimum Gasteiger partial charge on any atom is -0.480 e. The van der Waals surface area contributed by atoms with E-state index in [1.54, 1.807) is 6.92 Å². The fourth-order valence-corrected chi connectivity index (χ4v) is 5.81. The molecule has 0 spiro atoms. The highest BCUT2D eigenvalue weighted by Gasteiger charge is 2.56. The summed E-state index contributed by atoms with van der Waals surface area (Å²) < 4.78 is 34.4. The molecule has 3 rings (SSSR count). The molecule has 1 saturated heterocycles. The molecular weight excluding hydrogens is 417 g/mol. The maximum Gasteiger partial charge on any atom is 0.451 e. The Hall–Kier alpha value is -1.71. The van der Waals surface area contributed by atoms with Gasteiger partial charge in [0.25, 0.3) is 0 Å². The van der Waals surface area contributed by atoms with Crippen LogP contribution in [0.4, 0.5) is 6.01 Å². The normalized spacial score (nSPS) is 27.0. The number of carbonyl (C=O) groups is 1. The van der Waals surface area contributed by atoms with Crippen molar-refractivity contribution in [3.8, 4) is 0 Å². The zero-order valence-electron chi connectivity index (χ0n) is 16.7. The van der Waals surface area contributed by atoms with Crippen LogP contribution in [0.15, 0.2) is 16.9 Å². The SMILES string of the molecule is CC(N(c1ncco1)S(=O)(=O)N1C[C@H](CCCB(O)O)[C@](N)(C(=O)O)C1)C1(N)CC1. The molecule has 1 aliphatic carbocycles. The van der Waals surface area contributed by atoms with Crippen molar-refractivity contribution in [3.05, 3.63) is 12.5 Å². The lowest BCUT2D eigenvalue weighted by molar-refractivity contribution is -0.144. The second kappa shape index (κ2) is 8.09. The Morgan fingerprint density at radius 3 is 2.63 bits per heavy atom. The zero-order chi connectivity index (χ0) is 22.3. The summed E-state index contributed by atoms with van der Waals surface area (Å²) in [5.41, 5.74) is 9.86. The number of oxazole rings is 1. The molecule has 2 heterocycles. The monoisotopic (exact) mass is 445 g/mol. The lowest BCUT2D eigenvalue weighted by Gasteiger charge is -2.34. The minimum absolute atomic E-state index is 0.0358. The summed E-state index contributed by atoms with van der Waals surface area (Å²) in [4.78, 5) is 15.9. The summed E-state index contributed by atoms with van der Waals surface area (Å²) in [6.45, 7) is 1.10. The van der Waals surface area contributed by atoms with Gasteiger partial charge in [-0.2, -0.15) is 12.7 Å². The molecule has 0 aromatic carbocycles. The van der Waals surface area contributed by atoms with Crippen LogP contribution in [0.5, 0.6) is 0 Å². The molecule has 12 nitrogen and oxygen atoms in total. The lowest BCUT2D eigenvalue weighted by atomic mass is 9.78. The van der Waals surface area contributed by atoms with Gasteiger partial charge < -0.3 is 31.0 Å². The highest BCUT2D eigenvalue weighted by molar-refractivity contribution is 7.90. The van der Waals surface area contributed by atoms with E-state index in [-0.39, 0.29) is 31.7 Å². The van der Waals surface area contributed by atoms with Crippen molar-refractivity contribution in [2.24, 2.45) is 17.4 Å². The van der Waals surface area contributed by atoms with Gasteiger partial charge in [0.2, 0.25) is 0 Å². The molecular formula is C16H28BN5O7S. The van der Waals surface area contributed by atoms with Crippen molar-refractivity contribution < 1.29 is 32.8 Å². The standard InChI is InChI=1S/C16H28BN5O7S/c1-11(15(18)4-5-15)22(14-20-7-8-29-14)30(27,28)21-9-12(3-2-6-17(25)26)16(19,10-21)13(23)24/h7-8,11-12,25-26H,2-6,9-10,18-19H2,1H3,(H,23,24)/t11?,12-,16-/m0/s1. The Bertz CT molecular complexity index is 863. The van der Waals surface area contributed by atoms with Gasteiger partial charge in [0.05, 0.1) is 12.2 Å². The number of nitrogens with two attached hydrogens (primary N) is 2. The fraction of sp³-hybridized carbons (Fsp3) is 0.750. The molecule has 30 heavy (non-hydrogen) atoms. The van der Waals surface area contributed by atoms with Gasteiger partial charge in [0, 0.05) is 24.5 Å². The molecule has 1 unspecified atom stereocenters. The summed E-state index contributed by atoms with van der Waals surface area (Å²) in [5, 5.41) is 27.8. The average Bonchev–Trinajstić information content (AvgIpc) is 3.05. The molecule has 1 aliphatic heterocycles. The molecule has 3 atom stereocenters. The van der Waals surface area contributed by atoms with E-state index >= 15 is 0 Å². The summed E-state index contributed by atoms with van der Waals surface area (Å²) >= 11 is 0. The van der Waals surface area contributed by atoms with Crippen LogP contribution in [0.25, 0.3) is 0 Å². The number of nitrogens with zero attached hydrogens (tertiary/aromatic N) is 3. The summed E-state index contributed by atoms with van der Waals surface area (Å²) in [5.74, 6) is -2.03. The Morgan fingerprint density at radius 2 is 2.13 bits per heavy atom. The van der Waals surface area contributed by atoms with E-state index in [2.05, 4.69) is 4.98 Å². The van der Waals surface area contributed by atoms with Crippen LogP contribution in [-0.2, 0) is 15.0 Å². The third kappa shape index (κ3) is 4.20. The molecule has 1 aromatic heterocycles. The Morgan fingerprint density at radius 1 is 1.47 bits per heavy atom. The molecule has 2 aliphatic rings. The van der Waals surface area contributed by atoms with Crippen molar-refractivity contribution in [1.29, 1.82) is 0 Å². The highest BCUT2D eigenvalue weighted by atomic mass is 32.2. The third-order valence-corrected chi connectivity index (χ3v) is 8.10.